The van der Waals surface area contributed by atoms with Crippen LogP contribution in [0.4, 0.5) is 11.9 Å². The molecule has 2 saturated carbocycles. The third-order valence-electron chi connectivity index (χ3n) is 3.55. The minimum absolute atomic E-state index is 0.251. The summed E-state index contributed by atoms with van der Waals surface area (Å²) in [6, 6.07) is 0.526. The zero-order valence-electron chi connectivity index (χ0n) is 10.7. The number of rotatable bonds is 5. The van der Waals surface area contributed by atoms with Crippen LogP contribution >= 0.6 is 11.6 Å². The van der Waals surface area contributed by atoms with Crippen LogP contribution in [0.2, 0.25) is 5.28 Å². The first-order chi connectivity index (χ1) is 8.63. The summed E-state index contributed by atoms with van der Waals surface area (Å²) < 4.78 is 0. The molecule has 0 aliphatic heterocycles. The minimum Gasteiger partial charge on any atom is -0.351 e. The van der Waals surface area contributed by atoms with Crippen LogP contribution in [0.25, 0.3) is 0 Å². The second-order valence-corrected chi connectivity index (χ2v) is 5.81. The van der Waals surface area contributed by atoms with Crippen LogP contribution in [0, 0.1) is 11.8 Å². The highest BCUT2D eigenvalue weighted by molar-refractivity contribution is 6.28. The summed E-state index contributed by atoms with van der Waals surface area (Å²) in [7, 11) is 3.80. The summed E-state index contributed by atoms with van der Waals surface area (Å²) in [4.78, 5) is 14.5. The molecule has 2 aliphatic rings. The van der Waals surface area contributed by atoms with Gasteiger partial charge in [0, 0.05) is 20.1 Å². The fraction of sp³-hybridized carbons (Fsp3) is 0.750. The molecule has 2 aliphatic carbocycles. The SMILES string of the molecule is CN(C)c1nc(Cl)nc(NC(C2CC2)C2CC2)n1. The van der Waals surface area contributed by atoms with Gasteiger partial charge in [-0.1, -0.05) is 0 Å². The molecule has 0 bridgehead atoms. The summed E-state index contributed by atoms with van der Waals surface area (Å²) in [6.07, 6.45) is 5.31. The second kappa shape index (κ2) is 4.53. The van der Waals surface area contributed by atoms with Gasteiger partial charge >= 0.3 is 0 Å². The predicted octanol–water partition coefficient (Wildman–Crippen LogP) is 2.19. The van der Waals surface area contributed by atoms with Gasteiger partial charge in [0.1, 0.15) is 0 Å². The highest BCUT2D eigenvalue weighted by atomic mass is 35.5. The lowest BCUT2D eigenvalue weighted by molar-refractivity contribution is 0.562. The summed E-state index contributed by atoms with van der Waals surface area (Å²) in [5.74, 6) is 2.82. The molecule has 5 nitrogen and oxygen atoms in total. The van der Waals surface area contributed by atoms with Crippen LogP contribution in [0.3, 0.4) is 0 Å². The molecule has 3 rings (SSSR count). The van der Waals surface area contributed by atoms with Gasteiger partial charge in [0.25, 0.3) is 0 Å². The molecular weight excluding hydrogens is 250 g/mol. The molecule has 18 heavy (non-hydrogen) atoms. The molecule has 1 aromatic rings. The third kappa shape index (κ3) is 2.66. The van der Waals surface area contributed by atoms with Crippen molar-refractivity contribution in [1.29, 1.82) is 0 Å². The van der Waals surface area contributed by atoms with Gasteiger partial charge in [0.2, 0.25) is 17.2 Å². The van der Waals surface area contributed by atoms with Gasteiger partial charge in [0.15, 0.2) is 0 Å². The number of anilines is 2. The Kier molecular flexibility index (Phi) is 3.01. The topological polar surface area (TPSA) is 53.9 Å². The molecule has 0 amide bonds. The summed E-state index contributed by atoms with van der Waals surface area (Å²) >= 11 is 5.94. The average Bonchev–Trinajstić information content (AvgIpc) is 3.16. The monoisotopic (exact) mass is 267 g/mol. The summed E-state index contributed by atoms with van der Waals surface area (Å²) in [6.45, 7) is 0. The highest BCUT2D eigenvalue weighted by Gasteiger charge is 2.41. The molecule has 0 radical (unpaired) electrons. The maximum absolute atomic E-state index is 5.94. The van der Waals surface area contributed by atoms with Crippen LogP contribution in [-0.2, 0) is 0 Å². The van der Waals surface area contributed by atoms with Crippen molar-refractivity contribution in [2.45, 2.75) is 31.7 Å². The van der Waals surface area contributed by atoms with Gasteiger partial charge in [-0.25, -0.2) is 0 Å². The van der Waals surface area contributed by atoms with E-state index in [0.717, 1.165) is 11.8 Å². The van der Waals surface area contributed by atoms with Crippen LogP contribution in [0.5, 0.6) is 0 Å². The van der Waals surface area contributed by atoms with E-state index in [4.69, 9.17) is 11.6 Å². The van der Waals surface area contributed by atoms with Crippen molar-refractivity contribution < 1.29 is 0 Å². The molecule has 1 heterocycles. The molecule has 6 heteroatoms. The van der Waals surface area contributed by atoms with E-state index in [9.17, 15) is 0 Å². The maximum Gasteiger partial charge on any atom is 0.230 e. The van der Waals surface area contributed by atoms with Gasteiger partial charge in [0.05, 0.1) is 0 Å². The number of hydrogen-bond acceptors (Lipinski definition) is 5. The van der Waals surface area contributed by atoms with Gasteiger partial charge in [-0.3, -0.25) is 0 Å². The van der Waals surface area contributed by atoms with Crippen LogP contribution in [0.15, 0.2) is 0 Å². The van der Waals surface area contributed by atoms with Crippen molar-refractivity contribution in [2.75, 3.05) is 24.3 Å². The van der Waals surface area contributed by atoms with E-state index in [2.05, 4.69) is 20.3 Å². The normalized spacial score (nSPS) is 19.1. The third-order valence-corrected chi connectivity index (χ3v) is 3.72. The Labute approximate surface area is 112 Å². The van der Waals surface area contributed by atoms with Crippen LogP contribution in [-0.4, -0.2) is 35.1 Å². The van der Waals surface area contributed by atoms with E-state index >= 15 is 0 Å². The van der Waals surface area contributed by atoms with E-state index in [0.29, 0.717) is 17.9 Å². The largest absolute Gasteiger partial charge is 0.351 e. The lowest BCUT2D eigenvalue weighted by Crippen LogP contribution is -2.26. The molecule has 0 spiro atoms. The molecule has 1 N–H and O–H groups in total. The fourth-order valence-electron chi connectivity index (χ4n) is 2.28. The number of aromatic nitrogens is 3. The van der Waals surface area contributed by atoms with E-state index in [1.165, 1.54) is 25.7 Å². The van der Waals surface area contributed by atoms with Gasteiger partial charge in [-0.2, -0.15) is 15.0 Å². The Bertz CT molecular complexity index is 430. The molecule has 2 fully saturated rings. The van der Waals surface area contributed by atoms with Gasteiger partial charge < -0.3 is 10.2 Å². The molecule has 0 saturated heterocycles. The van der Waals surface area contributed by atoms with Gasteiger partial charge in [-0.05, 0) is 49.1 Å². The average molecular weight is 268 g/mol. The minimum atomic E-state index is 0.251. The van der Waals surface area contributed by atoms with Crippen molar-refractivity contribution in [2.24, 2.45) is 11.8 Å². The summed E-state index contributed by atoms with van der Waals surface area (Å²) in [5, 5.41) is 3.72. The Morgan fingerprint density at radius 1 is 1.11 bits per heavy atom. The molecule has 98 valence electrons. The van der Waals surface area contributed by atoms with Crippen LogP contribution in [0.1, 0.15) is 25.7 Å². The van der Waals surface area contributed by atoms with Crippen molar-refractivity contribution in [3.63, 3.8) is 0 Å². The predicted molar refractivity (Wildman–Crippen MR) is 72.0 cm³/mol. The first-order valence-electron chi connectivity index (χ1n) is 6.49. The zero-order valence-corrected chi connectivity index (χ0v) is 11.5. The second-order valence-electron chi connectivity index (χ2n) is 5.47. The number of halogens is 1. The van der Waals surface area contributed by atoms with Crippen molar-refractivity contribution in [3.8, 4) is 0 Å². The molecular formula is C12H18ClN5. The number of hydrogen-bond donors (Lipinski definition) is 1. The Morgan fingerprint density at radius 2 is 1.72 bits per heavy atom. The van der Waals surface area contributed by atoms with E-state index in [1.54, 1.807) is 0 Å². The van der Waals surface area contributed by atoms with E-state index < -0.39 is 0 Å². The molecule has 0 atom stereocenters. The lowest BCUT2D eigenvalue weighted by atomic mass is 10.1. The van der Waals surface area contributed by atoms with Crippen molar-refractivity contribution in [3.05, 3.63) is 5.28 Å². The maximum atomic E-state index is 5.94. The Balaban J connectivity index is 1.78. The quantitative estimate of drug-likeness (QED) is 0.886. The van der Waals surface area contributed by atoms with E-state index in [1.807, 2.05) is 19.0 Å². The first kappa shape index (κ1) is 12.0. The number of nitrogens with zero attached hydrogens (tertiary/aromatic N) is 4. The highest BCUT2D eigenvalue weighted by Crippen LogP contribution is 2.45. The van der Waals surface area contributed by atoms with Crippen LogP contribution < -0.4 is 10.2 Å². The summed E-state index contributed by atoms with van der Waals surface area (Å²) in [5.41, 5.74) is 0. The Hall–Kier alpha value is -1.10. The fourth-order valence-corrected chi connectivity index (χ4v) is 2.44. The first-order valence-corrected chi connectivity index (χ1v) is 6.86. The molecule has 1 aromatic heterocycles. The van der Waals surface area contributed by atoms with Gasteiger partial charge in [-0.15, -0.1) is 0 Å². The van der Waals surface area contributed by atoms with Crippen molar-refractivity contribution >= 4 is 23.5 Å². The number of nitrogens with one attached hydrogen (secondary N) is 1. The Morgan fingerprint density at radius 3 is 2.22 bits per heavy atom. The standard InChI is InChI=1S/C12H18ClN5/c1-18(2)12-16-10(13)15-11(17-12)14-9(7-3-4-7)8-5-6-8/h7-9H,3-6H2,1-2H3,(H,14,15,16,17). The molecule has 0 unspecified atom stereocenters. The zero-order chi connectivity index (χ0) is 12.7. The van der Waals surface area contributed by atoms with Crippen molar-refractivity contribution in [1.82, 2.24) is 15.0 Å². The lowest BCUT2D eigenvalue weighted by Gasteiger charge is -2.18. The molecule has 0 aromatic carbocycles. The smallest absolute Gasteiger partial charge is 0.230 e. The van der Waals surface area contributed by atoms with E-state index in [-0.39, 0.29) is 5.28 Å².